The first-order valence-electron chi connectivity index (χ1n) is 10.2. The highest BCUT2D eigenvalue weighted by atomic mass is 127. The average molecular weight is 541 g/mol. The van der Waals surface area contributed by atoms with Crippen molar-refractivity contribution < 1.29 is 13.9 Å². The summed E-state index contributed by atoms with van der Waals surface area (Å²) in [7, 11) is 5.84. The van der Waals surface area contributed by atoms with Crippen LogP contribution in [0.25, 0.3) is 0 Å². The van der Waals surface area contributed by atoms with Gasteiger partial charge < -0.3 is 29.2 Å². The van der Waals surface area contributed by atoms with Crippen LogP contribution in [0.1, 0.15) is 16.1 Å². The number of carbonyl (C=O) groups excluding carboxylic acids is 1. The molecule has 3 rings (SSSR count). The van der Waals surface area contributed by atoms with Crippen LogP contribution in [-0.4, -0.2) is 87.0 Å². The second-order valence-electron chi connectivity index (χ2n) is 7.46. The number of carbonyl (C=O) groups is 1. The van der Waals surface area contributed by atoms with E-state index >= 15 is 0 Å². The first-order valence-corrected chi connectivity index (χ1v) is 10.2. The lowest BCUT2D eigenvalue weighted by molar-refractivity contribution is 0.0657. The Morgan fingerprint density at radius 2 is 1.90 bits per heavy atom. The molecule has 1 aliphatic heterocycles. The van der Waals surface area contributed by atoms with Gasteiger partial charge in [-0.1, -0.05) is 12.1 Å². The zero-order valence-corrected chi connectivity index (χ0v) is 20.7. The minimum absolute atomic E-state index is 0. The van der Waals surface area contributed by atoms with Crippen LogP contribution in [0, 0.1) is 0 Å². The van der Waals surface area contributed by atoms with Crippen molar-refractivity contribution in [1.29, 1.82) is 0 Å². The third-order valence-electron chi connectivity index (χ3n) is 4.97. The zero-order chi connectivity index (χ0) is 21.3. The third kappa shape index (κ3) is 7.42. The molecule has 0 spiro atoms. The molecule has 31 heavy (non-hydrogen) atoms. The lowest BCUT2D eigenvalue weighted by Crippen LogP contribution is -2.53. The van der Waals surface area contributed by atoms with Gasteiger partial charge in [0.2, 0.25) is 0 Å². The molecule has 0 atom stereocenters. The smallest absolute Gasteiger partial charge is 0.289 e. The van der Waals surface area contributed by atoms with Crippen molar-refractivity contribution in [2.75, 3.05) is 60.5 Å². The maximum absolute atomic E-state index is 12.4. The Bertz CT molecular complexity index is 833. The lowest BCUT2D eigenvalue weighted by atomic mass is 10.2. The van der Waals surface area contributed by atoms with Crippen LogP contribution in [-0.2, 0) is 6.54 Å². The predicted octanol–water partition coefficient (Wildman–Crippen LogP) is 2.37. The van der Waals surface area contributed by atoms with Gasteiger partial charge in [0, 0.05) is 46.3 Å². The van der Waals surface area contributed by atoms with Gasteiger partial charge in [0.15, 0.2) is 11.7 Å². The number of ether oxygens (including phenoxy) is 1. The van der Waals surface area contributed by atoms with E-state index in [0.29, 0.717) is 32.0 Å². The van der Waals surface area contributed by atoms with Crippen molar-refractivity contribution in [2.45, 2.75) is 6.54 Å². The Balaban J connectivity index is 0.00000341. The Hall–Kier alpha value is -2.27. The molecule has 1 saturated heterocycles. The van der Waals surface area contributed by atoms with Gasteiger partial charge in [-0.3, -0.25) is 9.79 Å². The summed E-state index contributed by atoms with van der Waals surface area (Å²) < 4.78 is 11.0. The number of halogens is 1. The first kappa shape index (κ1) is 25.0. The molecule has 8 nitrogen and oxygen atoms in total. The molecular weight excluding hydrogens is 509 g/mol. The van der Waals surface area contributed by atoms with Gasteiger partial charge in [-0.25, -0.2) is 0 Å². The van der Waals surface area contributed by atoms with E-state index in [0.717, 1.165) is 36.9 Å². The lowest BCUT2D eigenvalue weighted by Gasteiger charge is -2.36. The Kier molecular flexibility index (Phi) is 10.1. The van der Waals surface area contributed by atoms with Crippen molar-refractivity contribution in [3.05, 3.63) is 54.0 Å². The quantitative estimate of drug-likeness (QED) is 0.330. The van der Waals surface area contributed by atoms with E-state index in [1.54, 1.807) is 19.2 Å². The fourth-order valence-electron chi connectivity index (χ4n) is 3.28. The zero-order valence-electron chi connectivity index (χ0n) is 18.4. The van der Waals surface area contributed by atoms with E-state index < -0.39 is 0 Å². The molecule has 1 fully saturated rings. The summed E-state index contributed by atoms with van der Waals surface area (Å²) in [5.41, 5.74) is 1.13. The molecule has 170 valence electrons. The van der Waals surface area contributed by atoms with E-state index in [-0.39, 0.29) is 29.9 Å². The number of piperazine rings is 1. The number of furan rings is 1. The Morgan fingerprint density at radius 1 is 1.16 bits per heavy atom. The van der Waals surface area contributed by atoms with E-state index in [9.17, 15) is 4.79 Å². The molecular formula is C22H32IN5O3. The summed E-state index contributed by atoms with van der Waals surface area (Å²) in [6.07, 6.45) is 1.53. The highest BCUT2D eigenvalue weighted by molar-refractivity contribution is 14.0. The second-order valence-corrected chi connectivity index (χ2v) is 7.46. The van der Waals surface area contributed by atoms with Crippen LogP contribution < -0.4 is 10.1 Å². The molecule has 1 aromatic heterocycles. The number of amides is 1. The van der Waals surface area contributed by atoms with Crippen LogP contribution >= 0.6 is 24.0 Å². The standard InChI is InChI=1S/C22H31N5O3.HI/c1-23-22(24-17-18-6-4-7-19(16-18)29-15-13-25(2)3)27-11-9-26(10-12-27)21(28)20-8-5-14-30-20;/h4-8,14,16H,9-13,15,17H2,1-3H3,(H,23,24);1H. The maximum atomic E-state index is 12.4. The van der Waals surface area contributed by atoms with Crippen molar-refractivity contribution in [3.63, 3.8) is 0 Å². The molecule has 1 amide bonds. The number of hydrogen-bond donors (Lipinski definition) is 1. The fraction of sp³-hybridized carbons (Fsp3) is 0.455. The van der Waals surface area contributed by atoms with Gasteiger partial charge in [0.25, 0.3) is 5.91 Å². The largest absolute Gasteiger partial charge is 0.492 e. The van der Waals surface area contributed by atoms with E-state index in [4.69, 9.17) is 9.15 Å². The van der Waals surface area contributed by atoms with Gasteiger partial charge in [0.1, 0.15) is 12.4 Å². The Morgan fingerprint density at radius 3 is 2.55 bits per heavy atom. The van der Waals surface area contributed by atoms with Crippen LogP contribution in [0.2, 0.25) is 0 Å². The molecule has 2 heterocycles. The summed E-state index contributed by atoms with van der Waals surface area (Å²) in [5, 5.41) is 3.42. The van der Waals surface area contributed by atoms with Gasteiger partial charge >= 0.3 is 0 Å². The van der Waals surface area contributed by atoms with Crippen LogP contribution in [0.5, 0.6) is 5.75 Å². The summed E-state index contributed by atoms with van der Waals surface area (Å²) in [6, 6.07) is 11.5. The molecule has 2 aromatic rings. The number of nitrogens with one attached hydrogen (secondary N) is 1. The highest BCUT2D eigenvalue weighted by Gasteiger charge is 2.25. The molecule has 1 N–H and O–H groups in total. The number of aliphatic imine (C=N–C) groups is 1. The average Bonchev–Trinajstić information content (AvgIpc) is 3.29. The molecule has 0 unspecified atom stereocenters. The summed E-state index contributed by atoms with van der Waals surface area (Å²) >= 11 is 0. The van der Waals surface area contributed by atoms with E-state index in [2.05, 4.69) is 32.2 Å². The number of hydrogen-bond acceptors (Lipinski definition) is 5. The molecule has 0 aliphatic carbocycles. The van der Waals surface area contributed by atoms with Crippen molar-refractivity contribution in [2.24, 2.45) is 4.99 Å². The SMILES string of the molecule is CN=C(NCc1cccc(OCCN(C)C)c1)N1CCN(C(=O)c2ccco2)CC1.I. The predicted molar refractivity (Wildman–Crippen MR) is 132 cm³/mol. The number of benzene rings is 1. The van der Waals surface area contributed by atoms with Gasteiger partial charge in [0.05, 0.1) is 6.26 Å². The molecule has 0 bridgehead atoms. The van der Waals surface area contributed by atoms with Crippen molar-refractivity contribution in [1.82, 2.24) is 20.0 Å². The summed E-state index contributed by atoms with van der Waals surface area (Å²) in [5.74, 6) is 2.03. The fourth-order valence-corrected chi connectivity index (χ4v) is 3.28. The van der Waals surface area contributed by atoms with Gasteiger partial charge in [-0.15, -0.1) is 24.0 Å². The minimum Gasteiger partial charge on any atom is -0.492 e. The molecule has 0 saturated carbocycles. The molecule has 1 aromatic carbocycles. The van der Waals surface area contributed by atoms with Gasteiger partial charge in [-0.2, -0.15) is 0 Å². The van der Waals surface area contributed by atoms with Crippen LogP contribution in [0.4, 0.5) is 0 Å². The minimum atomic E-state index is -0.0614. The van der Waals surface area contributed by atoms with E-state index in [1.165, 1.54) is 6.26 Å². The van der Waals surface area contributed by atoms with E-state index in [1.807, 2.05) is 31.1 Å². The maximum Gasteiger partial charge on any atom is 0.289 e. The second kappa shape index (κ2) is 12.6. The van der Waals surface area contributed by atoms with Crippen LogP contribution in [0.15, 0.2) is 52.1 Å². The van der Waals surface area contributed by atoms with Crippen LogP contribution in [0.3, 0.4) is 0 Å². The topological polar surface area (TPSA) is 73.6 Å². The monoisotopic (exact) mass is 541 g/mol. The Labute approximate surface area is 201 Å². The van der Waals surface area contributed by atoms with Crippen molar-refractivity contribution >= 4 is 35.8 Å². The third-order valence-corrected chi connectivity index (χ3v) is 4.97. The number of likely N-dealkylation sites (N-methyl/N-ethyl adjacent to an activating group) is 1. The normalized spacial score (nSPS) is 14.4. The highest BCUT2D eigenvalue weighted by Crippen LogP contribution is 2.14. The molecule has 1 aliphatic rings. The van der Waals surface area contributed by atoms with Crippen molar-refractivity contribution in [3.8, 4) is 5.75 Å². The number of rotatable bonds is 7. The summed E-state index contributed by atoms with van der Waals surface area (Å²) in [4.78, 5) is 22.9. The number of guanidine groups is 1. The van der Waals surface area contributed by atoms with Gasteiger partial charge in [-0.05, 0) is 43.9 Å². The number of nitrogens with zero attached hydrogens (tertiary/aromatic N) is 4. The molecule has 0 radical (unpaired) electrons. The summed E-state index contributed by atoms with van der Waals surface area (Å²) in [6.45, 7) is 4.91. The first-order chi connectivity index (χ1) is 14.6. The molecule has 9 heteroatoms.